The standard InChI is InChI=1S/C6H3ClF.Y/c7-5-1-3-6(8)4-2-5;/h1,3-4H;/q-1;. The molecule has 0 saturated heterocycles. The minimum absolute atomic E-state index is 0. The molecule has 0 bridgehead atoms. The van der Waals surface area contributed by atoms with Crippen LogP contribution in [0.2, 0.25) is 5.02 Å². The summed E-state index contributed by atoms with van der Waals surface area (Å²) >= 11 is 5.39. The topological polar surface area (TPSA) is 0 Å². The number of halogens is 2. The van der Waals surface area contributed by atoms with Gasteiger partial charge < -0.3 is 0 Å². The monoisotopic (exact) mass is 218 g/mol. The summed E-state index contributed by atoms with van der Waals surface area (Å²) in [6, 6.07) is 6.43. The predicted octanol–water partition coefficient (Wildman–Crippen LogP) is 2.28. The first-order chi connectivity index (χ1) is 3.79. The zero-order valence-corrected chi connectivity index (χ0v) is 8.16. The van der Waals surface area contributed by atoms with Crippen LogP contribution < -0.4 is 0 Å². The zero-order chi connectivity index (χ0) is 5.98. The van der Waals surface area contributed by atoms with E-state index in [9.17, 15) is 4.39 Å². The largest absolute Gasteiger partial charge is 0.284 e. The quantitative estimate of drug-likeness (QED) is 0.586. The van der Waals surface area contributed by atoms with Crippen molar-refractivity contribution >= 4 is 11.6 Å². The molecule has 0 heterocycles. The van der Waals surface area contributed by atoms with Gasteiger partial charge in [-0.05, 0) is 0 Å². The van der Waals surface area contributed by atoms with Gasteiger partial charge in [0.25, 0.3) is 0 Å². The molecule has 0 nitrogen and oxygen atoms in total. The summed E-state index contributed by atoms with van der Waals surface area (Å²) in [5, 5.41) is 0.436. The van der Waals surface area contributed by atoms with Crippen LogP contribution in [0.4, 0.5) is 4.39 Å². The Bertz CT molecular complexity index is 152. The fraction of sp³-hybridized carbons (Fsp3) is 0. The van der Waals surface area contributed by atoms with E-state index in [1.165, 1.54) is 18.2 Å². The maximum absolute atomic E-state index is 12.0. The summed E-state index contributed by atoms with van der Waals surface area (Å²) in [5.74, 6) is -0.311. The van der Waals surface area contributed by atoms with Crippen molar-refractivity contribution in [1.29, 1.82) is 0 Å². The Labute approximate surface area is 83.3 Å². The van der Waals surface area contributed by atoms with Crippen molar-refractivity contribution in [2.45, 2.75) is 0 Å². The molecule has 3 heteroatoms. The van der Waals surface area contributed by atoms with Crippen LogP contribution in [0.1, 0.15) is 0 Å². The van der Waals surface area contributed by atoms with Crippen LogP contribution in [0.3, 0.4) is 0 Å². The van der Waals surface area contributed by atoms with Gasteiger partial charge in [0.1, 0.15) is 0 Å². The molecule has 0 aromatic heterocycles. The second-order valence-corrected chi connectivity index (χ2v) is 1.76. The van der Waals surface area contributed by atoms with Gasteiger partial charge in [-0.3, -0.25) is 4.39 Å². The van der Waals surface area contributed by atoms with Gasteiger partial charge in [0.2, 0.25) is 0 Å². The maximum Gasteiger partial charge on any atom is 0.00880 e. The molecule has 0 aliphatic heterocycles. The van der Waals surface area contributed by atoms with E-state index >= 15 is 0 Å². The van der Waals surface area contributed by atoms with E-state index in [0.29, 0.717) is 5.02 Å². The Hall–Kier alpha value is 0.544. The third kappa shape index (κ3) is 3.29. The molecule has 1 aromatic carbocycles. The van der Waals surface area contributed by atoms with Crippen LogP contribution in [-0.4, -0.2) is 0 Å². The molecular formula is C6H3ClFY-. The average Bonchev–Trinajstić information content (AvgIpc) is 1.77. The van der Waals surface area contributed by atoms with E-state index in [2.05, 4.69) is 6.07 Å². The molecule has 1 rings (SSSR count). The fourth-order valence-corrected chi connectivity index (χ4v) is 0.504. The van der Waals surface area contributed by atoms with Crippen LogP contribution >= 0.6 is 11.6 Å². The molecule has 0 aliphatic rings. The van der Waals surface area contributed by atoms with Gasteiger partial charge in [-0.1, -0.05) is 5.02 Å². The molecule has 0 saturated carbocycles. The molecule has 0 aliphatic carbocycles. The summed E-state index contributed by atoms with van der Waals surface area (Å²) in [7, 11) is 0. The number of rotatable bonds is 0. The van der Waals surface area contributed by atoms with Crippen LogP contribution in [0.25, 0.3) is 0 Å². The molecular weight excluding hydrogens is 215 g/mol. The summed E-state index contributed by atoms with van der Waals surface area (Å²) in [4.78, 5) is 0. The van der Waals surface area contributed by atoms with Crippen molar-refractivity contribution < 1.29 is 37.1 Å². The molecule has 9 heavy (non-hydrogen) atoms. The minimum Gasteiger partial charge on any atom is -0.284 e. The van der Waals surface area contributed by atoms with Gasteiger partial charge in [-0.25, -0.2) is 0 Å². The third-order valence-electron chi connectivity index (χ3n) is 0.737. The average molecular weight is 218 g/mol. The second-order valence-electron chi connectivity index (χ2n) is 1.35. The first kappa shape index (κ1) is 9.54. The van der Waals surface area contributed by atoms with E-state index < -0.39 is 0 Å². The molecule has 0 spiro atoms. The molecule has 1 radical (unpaired) electrons. The van der Waals surface area contributed by atoms with Crippen LogP contribution in [0.15, 0.2) is 18.2 Å². The molecule has 1 aromatic rings. The van der Waals surface area contributed by atoms with E-state index in [1.807, 2.05) is 0 Å². The molecule has 0 amide bonds. The minimum atomic E-state index is -0.311. The maximum atomic E-state index is 12.0. The van der Waals surface area contributed by atoms with E-state index in [-0.39, 0.29) is 38.5 Å². The smallest absolute Gasteiger partial charge is 0.00880 e. The number of benzene rings is 1. The van der Waals surface area contributed by atoms with Crippen LogP contribution in [0, 0.1) is 11.9 Å². The summed E-state index contributed by atoms with van der Waals surface area (Å²) in [5.41, 5.74) is 0. The SMILES string of the molecule is Fc1c[c-]c(Cl)cc1.[Y]. The van der Waals surface area contributed by atoms with Gasteiger partial charge in [0.05, 0.1) is 0 Å². The molecule has 0 atom stereocenters. The van der Waals surface area contributed by atoms with E-state index in [1.54, 1.807) is 0 Å². The fourth-order valence-electron chi connectivity index (χ4n) is 0.387. The van der Waals surface area contributed by atoms with Crippen LogP contribution in [-0.2, 0) is 32.7 Å². The van der Waals surface area contributed by atoms with Crippen molar-refractivity contribution in [1.82, 2.24) is 0 Å². The van der Waals surface area contributed by atoms with Crippen LogP contribution in [0.5, 0.6) is 0 Å². The van der Waals surface area contributed by atoms with Gasteiger partial charge in [0, 0.05) is 38.5 Å². The zero-order valence-electron chi connectivity index (χ0n) is 4.57. The number of hydrogen-bond donors (Lipinski definition) is 0. The first-order valence-electron chi connectivity index (χ1n) is 2.12. The van der Waals surface area contributed by atoms with Gasteiger partial charge >= 0.3 is 0 Å². The Morgan fingerprint density at radius 3 is 2.44 bits per heavy atom. The predicted molar refractivity (Wildman–Crippen MR) is 30.2 cm³/mol. The van der Waals surface area contributed by atoms with E-state index in [0.717, 1.165) is 0 Å². The van der Waals surface area contributed by atoms with Gasteiger partial charge in [-0.15, -0.1) is 29.8 Å². The Morgan fingerprint density at radius 2 is 2.11 bits per heavy atom. The van der Waals surface area contributed by atoms with Gasteiger partial charge in [-0.2, -0.15) is 6.07 Å². The van der Waals surface area contributed by atoms with Crippen molar-refractivity contribution in [3.8, 4) is 0 Å². The van der Waals surface area contributed by atoms with Gasteiger partial charge in [0.15, 0.2) is 0 Å². The molecule has 45 valence electrons. The summed E-state index contributed by atoms with van der Waals surface area (Å²) in [6.45, 7) is 0. The summed E-state index contributed by atoms with van der Waals surface area (Å²) < 4.78 is 12.0. The summed E-state index contributed by atoms with van der Waals surface area (Å²) in [6.07, 6.45) is 0. The Balaban J connectivity index is 0.000000640. The Morgan fingerprint density at radius 1 is 1.44 bits per heavy atom. The van der Waals surface area contributed by atoms with Crippen molar-refractivity contribution in [2.24, 2.45) is 0 Å². The third-order valence-corrected chi connectivity index (χ3v) is 0.972. The van der Waals surface area contributed by atoms with Crippen molar-refractivity contribution in [3.63, 3.8) is 0 Å². The van der Waals surface area contributed by atoms with Crippen molar-refractivity contribution in [2.75, 3.05) is 0 Å². The molecule has 0 unspecified atom stereocenters. The number of hydrogen-bond acceptors (Lipinski definition) is 0. The molecule has 0 N–H and O–H groups in total. The first-order valence-corrected chi connectivity index (χ1v) is 2.49. The Kier molecular flexibility index (Phi) is 4.64. The second kappa shape index (κ2) is 4.37. The normalized spacial score (nSPS) is 8.22. The molecule has 0 fully saturated rings. The van der Waals surface area contributed by atoms with E-state index in [4.69, 9.17) is 11.6 Å². The van der Waals surface area contributed by atoms with Crippen molar-refractivity contribution in [3.05, 3.63) is 35.1 Å².